The maximum atomic E-state index is 12.4. The van der Waals surface area contributed by atoms with Gasteiger partial charge in [-0.25, -0.2) is 13.8 Å². The van der Waals surface area contributed by atoms with Crippen LogP contribution < -0.4 is 5.73 Å². The van der Waals surface area contributed by atoms with Crippen LogP contribution in [-0.2, 0) is 6.18 Å². The molecule has 1 aromatic rings. The van der Waals surface area contributed by atoms with Gasteiger partial charge in [-0.15, -0.1) is 0 Å². The molecule has 0 aliphatic carbocycles. The van der Waals surface area contributed by atoms with E-state index in [-0.39, 0.29) is 0 Å². The molecule has 2 N–H and O–H groups in total. The lowest BCUT2D eigenvalue weighted by molar-refractivity contribution is -0.386. The molecule has 0 atom stereocenters. The van der Waals surface area contributed by atoms with Gasteiger partial charge in [-0.1, -0.05) is 0 Å². The van der Waals surface area contributed by atoms with Gasteiger partial charge in [-0.05, 0) is 0 Å². The van der Waals surface area contributed by atoms with Crippen LogP contribution in [0.2, 0.25) is 0 Å². The fourth-order valence-electron chi connectivity index (χ4n) is 1.14. The summed E-state index contributed by atoms with van der Waals surface area (Å²) in [6, 6.07) is 0.358. The molecule has 5 nitrogen and oxygen atoms in total. The zero-order valence-corrected chi connectivity index (χ0v) is 7.83. The fraction of sp³-hybridized carbons (Fsp3) is 0.286. The van der Waals surface area contributed by atoms with Gasteiger partial charge in [-0.2, -0.15) is 13.2 Å². The molecule has 0 aliphatic heterocycles. The Bertz CT molecular complexity index is 460. The molecule has 0 fully saturated rings. The Kier molecular flexibility index (Phi) is 3.16. The number of alkyl halides is 5. The van der Waals surface area contributed by atoms with Gasteiger partial charge in [0.1, 0.15) is 11.4 Å². The maximum Gasteiger partial charge on any atom is 0.434 e. The van der Waals surface area contributed by atoms with E-state index in [0.29, 0.717) is 6.07 Å². The summed E-state index contributed by atoms with van der Waals surface area (Å²) in [6.07, 6.45) is -8.92. The number of nitro groups is 1. The number of hydrogen-bond donors (Lipinski definition) is 1. The topological polar surface area (TPSA) is 82.0 Å². The summed E-state index contributed by atoms with van der Waals surface area (Å²) in [5.41, 5.74) is -0.324. The summed E-state index contributed by atoms with van der Waals surface area (Å²) in [7, 11) is 0. The van der Waals surface area contributed by atoms with Crippen LogP contribution in [-0.4, -0.2) is 9.91 Å². The molecule has 0 saturated heterocycles. The van der Waals surface area contributed by atoms with Crippen molar-refractivity contribution >= 4 is 11.5 Å². The summed E-state index contributed by atoms with van der Waals surface area (Å²) in [5, 5.41) is 10.4. The molecule has 0 aromatic carbocycles. The summed E-state index contributed by atoms with van der Waals surface area (Å²) < 4.78 is 61.9. The minimum atomic E-state index is -5.24. The third-order valence-electron chi connectivity index (χ3n) is 1.74. The average molecular weight is 257 g/mol. The van der Waals surface area contributed by atoms with E-state index in [4.69, 9.17) is 5.73 Å². The summed E-state index contributed by atoms with van der Waals surface area (Å²) in [5.74, 6) is -0.853. The van der Waals surface area contributed by atoms with E-state index >= 15 is 0 Å². The second kappa shape index (κ2) is 4.11. The lowest BCUT2D eigenvalue weighted by Gasteiger charge is -2.11. The predicted molar refractivity (Wildman–Crippen MR) is 45.3 cm³/mol. The van der Waals surface area contributed by atoms with Crippen LogP contribution in [0.5, 0.6) is 0 Å². The lowest BCUT2D eigenvalue weighted by atomic mass is 10.1. The van der Waals surface area contributed by atoms with Crippen LogP contribution >= 0.6 is 0 Å². The highest BCUT2D eigenvalue weighted by atomic mass is 19.4. The molecule has 0 spiro atoms. The number of nitrogens with two attached hydrogens (primary N) is 1. The molecule has 0 bridgehead atoms. The Labute approximate surface area is 90.2 Å². The normalized spacial score (nSPS) is 11.9. The lowest BCUT2D eigenvalue weighted by Crippen LogP contribution is -2.15. The van der Waals surface area contributed by atoms with Crippen LogP contribution in [0.25, 0.3) is 0 Å². The van der Waals surface area contributed by atoms with E-state index in [2.05, 4.69) is 4.98 Å². The van der Waals surface area contributed by atoms with Crippen molar-refractivity contribution in [2.45, 2.75) is 12.6 Å². The highest BCUT2D eigenvalue weighted by Gasteiger charge is 2.42. The van der Waals surface area contributed by atoms with E-state index in [9.17, 15) is 32.1 Å². The van der Waals surface area contributed by atoms with Gasteiger partial charge in [-0.3, -0.25) is 10.1 Å². The Morgan fingerprint density at radius 2 is 1.94 bits per heavy atom. The van der Waals surface area contributed by atoms with Gasteiger partial charge in [0.2, 0.25) is 0 Å². The van der Waals surface area contributed by atoms with Gasteiger partial charge < -0.3 is 5.73 Å². The van der Waals surface area contributed by atoms with Gasteiger partial charge in [0.25, 0.3) is 12.1 Å². The van der Waals surface area contributed by atoms with E-state index in [1.54, 1.807) is 0 Å². The SMILES string of the molecule is Nc1cc([N+](=O)[O-])c(C(F)F)c(C(F)(F)F)n1. The molecule has 0 aliphatic rings. The van der Waals surface area contributed by atoms with E-state index in [1.807, 2.05) is 0 Å². The van der Waals surface area contributed by atoms with Gasteiger partial charge in [0.05, 0.1) is 11.0 Å². The molecule has 0 amide bonds. The molecule has 17 heavy (non-hydrogen) atoms. The van der Waals surface area contributed by atoms with Gasteiger partial charge in [0, 0.05) is 0 Å². The zero-order chi connectivity index (χ0) is 13.4. The molecule has 10 heteroatoms. The van der Waals surface area contributed by atoms with Crippen molar-refractivity contribution in [3.8, 4) is 0 Å². The van der Waals surface area contributed by atoms with Gasteiger partial charge >= 0.3 is 6.18 Å². The van der Waals surface area contributed by atoms with E-state index in [0.717, 1.165) is 0 Å². The van der Waals surface area contributed by atoms with Crippen molar-refractivity contribution in [1.82, 2.24) is 4.98 Å². The Balaban J connectivity index is 3.64. The predicted octanol–water partition coefficient (Wildman–Crippen LogP) is 2.53. The number of rotatable bonds is 2. The molecule has 0 unspecified atom stereocenters. The second-order valence-electron chi connectivity index (χ2n) is 2.88. The fourth-order valence-corrected chi connectivity index (χ4v) is 1.14. The standard InChI is InChI=1S/C7H4F5N3O2/c8-6(9)4-2(15(16)17)1-3(13)14-5(4)7(10,11)12/h1,6H,(H2,13,14). The summed E-state index contributed by atoms with van der Waals surface area (Å²) in [6.45, 7) is 0. The largest absolute Gasteiger partial charge is 0.434 e. The average Bonchev–Trinajstić information content (AvgIpc) is 2.14. The number of nitrogens with zero attached hydrogens (tertiary/aromatic N) is 2. The first-order valence-corrected chi connectivity index (χ1v) is 3.94. The van der Waals surface area contributed by atoms with Crippen molar-refractivity contribution in [2.75, 3.05) is 5.73 Å². The number of pyridine rings is 1. The number of nitrogen functional groups attached to an aromatic ring is 1. The van der Waals surface area contributed by atoms with E-state index in [1.165, 1.54) is 0 Å². The number of halogens is 5. The Morgan fingerprint density at radius 1 is 1.41 bits per heavy atom. The number of hydrogen-bond acceptors (Lipinski definition) is 4. The van der Waals surface area contributed by atoms with Crippen LogP contribution in [0.3, 0.4) is 0 Å². The second-order valence-corrected chi connectivity index (χ2v) is 2.88. The van der Waals surface area contributed by atoms with Crippen molar-refractivity contribution in [3.05, 3.63) is 27.4 Å². The van der Waals surface area contributed by atoms with Crippen LogP contribution in [0.1, 0.15) is 17.7 Å². The van der Waals surface area contributed by atoms with Crippen LogP contribution in [0.4, 0.5) is 33.5 Å². The first-order chi connectivity index (χ1) is 7.64. The summed E-state index contributed by atoms with van der Waals surface area (Å²) >= 11 is 0. The van der Waals surface area contributed by atoms with Gasteiger partial charge in [0.15, 0.2) is 5.69 Å². The monoisotopic (exact) mass is 257 g/mol. The Hall–Kier alpha value is -2.00. The minimum absolute atomic E-state index is 0.358. The van der Waals surface area contributed by atoms with Crippen LogP contribution in [0, 0.1) is 10.1 Å². The molecule has 1 rings (SSSR count). The van der Waals surface area contributed by atoms with Crippen molar-refractivity contribution in [2.24, 2.45) is 0 Å². The third kappa shape index (κ3) is 2.57. The minimum Gasteiger partial charge on any atom is -0.383 e. The van der Waals surface area contributed by atoms with Crippen molar-refractivity contribution in [1.29, 1.82) is 0 Å². The maximum absolute atomic E-state index is 12.4. The van der Waals surface area contributed by atoms with Crippen LogP contribution in [0.15, 0.2) is 6.07 Å². The number of anilines is 1. The Morgan fingerprint density at radius 3 is 2.29 bits per heavy atom. The molecule has 1 aromatic heterocycles. The highest BCUT2D eigenvalue weighted by molar-refractivity contribution is 5.52. The molecule has 94 valence electrons. The highest BCUT2D eigenvalue weighted by Crippen LogP contribution is 2.40. The summed E-state index contributed by atoms with van der Waals surface area (Å²) in [4.78, 5) is 11.7. The first-order valence-electron chi connectivity index (χ1n) is 3.94. The third-order valence-corrected chi connectivity index (χ3v) is 1.74. The first kappa shape index (κ1) is 13.1. The van der Waals surface area contributed by atoms with E-state index < -0.39 is 40.3 Å². The molecule has 1 heterocycles. The number of aromatic nitrogens is 1. The van der Waals surface area contributed by atoms with Crippen molar-refractivity contribution in [3.63, 3.8) is 0 Å². The quantitative estimate of drug-likeness (QED) is 0.501. The van der Waals surface area contributed by atoms with Crippen molar-refractivity contribution < 1.29 is 26.9 Å². The zero-order valence-electron chi connectivity index (χ0n) is 7.83. The molecular weight excluding hydrogens is 253 g/mol. The molecular formula is C7H4F5N3O2. The molecule has 0 radical (unpaired) electrons. The molecule has 0 saturated carbocycles. The smallest absolute Gasteiger partial charge is 0.383 e.